The lowest BCUT2D eigenvalue weighted by Crippen LogP contribution is -2.25. The van der Waals surface area contributed by atoms with Crippen molar-refractivity contribution in [2.45, 2.75) is 13.3 Å². The first-order chi connectivity index (χ1) is 6.68. The molecule has 0 spiro atoms. The molecule has 14 heavy (non-hydrogen) atoms. The molecule has 0 saturated carbocycles. The van der Waals surface area contributed by atoms with Crippen LogP contribution < -0.4 is 11.2 Å². The average Bonchev–Trinajstić information content (AvgIpc) is 2.16. The van der Waals surface area contributed by atoms with Crippen molar-refractivity contribution in [2.75, 3.05) is 0 Å². The Bertz CT molecular complexity index is 334. The van der Waals surface area contributed by atoms with Crippen LogP contribution >= 0.6 is 0 Å². The van der Waals surface area contributed by atoms with E-state index in [1.165, 1.54) is 0 Å². The molecule has 0 aliphatic heterocycles. The van der Waals surface area contributed by atoms with Crippen molar-refractivity contribution < 1.29 is 4.79 Å². The van der Waals surface area contributed by atoms with Crippen LogP contribution in [0.15, 0.2) is 29.6 Å². The summed E-state index contributed by atoms with van der Waals surface area (Å²) in [5, 5.41) is 3.78. The zero-order valence-corrected chi connectivity index (χ0v) is 7.90. The van der Waals surface area contributed by atoms with Crippen LogP contribution in [0.25, 0.3) is 0 Å². The second kappa shape index (κ2) is 4.96. The van der Waals surface area contributed by atoms with Gasteiger partial charge in [-0.15, -0.1) is 0 Å². The molecular formula is C9H12N4O. The standard InChI is InChI=1S/C9H12N4O/c1-7(12-13-9(10)14)5-8-3-2-4-11-6-8/h2-4,6H,5H2,1H3,(H3,10,13,14)/b12-7+. The molecule has 0 aromatic carbocycles. The Morgan fingerprint density at radius 3 is 3.07 bits per heavy atom. The highest BCUT2D eigenvalue weighted by Gasteiger charge is 1.96. The van der Waals surface area contributed by atoms with Crippen LogP contribution in [0.3, 0.4) is 0 Å². The summed E-state index contributed by atoms with van der Waals surface area (Å²) in [5.74, 6) is 0. The van der Waals surface area contributed by atoms with Gasteiger partial charge in [-0.3, -0.25) is 4.98 Å². The number of hydrogen-bond donors (Lipinski definition) is 2. The van der Waals surface area contributed by atoms with Crippen LogP contribution in [0.1, 0.15) is 12.5 Å². The molecule has 0 aliphatic rings. The van der Waals surface area contributed by atoms with E-state index in [4.69, 9.17) is 5.73 Å². The normalized spacial score (nSPS) is 11.1. The zero-order chi connectivity index (χ0) is 10.4. The molecule has 3 N–H and O–H groups in total. The second-order valence-corrected chi connectivity index (χ2v) is 2.86. The highest BCUT2D eigenvalue weighted by atomic mass is 16.2. The maximum Gasteiger partial charge on any atom is 0.332 e. The van der Waals surface area contributed by atoms with E-state index in [1.807, 2.05) is 19.1 Å². The first-order valence-corrected chi connectivity index (χ1v) is 4.16. The van der Waals surface area contributed by atoms with Crippen molar-refractivity contribution >= 4 is 11.7 Å². The first-order valence-electron chi connectivity index (χ1n) is 4.16. The molecule has 5 heteroatoms. The fraction of sp³-hybridized carbons (Fsp3) is 0.222. The Hall–Kier alpha value is -1.91. The maximum absolute atomic E-state index is 10.3. The number of hydrazone groups is 1. The summed E-state index contributed by atoms with van der Waals surface area (Å²) in [4.78, 5) is 14.3. The molecule has 74 valence electrons. The van der Waals surface area contributed by atoms with E-state index in [0.29, 0.717) is 6.42 Å². The summed E-state index contributed by atoms with van der Waals surface area (Å²) in [5.41, 5.74) is 8.85. The third-order valence-electron chi connectivity index (χ3n) is 1.54. The monoisotopic (exact) mass is 192 g/mol. The Morgan fingerprint density at radius 2 is 2.50 bits per heavy atom. The minimum Gasteiger partial charge on any atom is -0.350 e. The number of rotatable bonds is 3. The number of hydrogen-bond acceptors (Lipinski definition) is 3. The molecule has 1 aromatic rings. The fourth-order valence-corrected chi connectivity index (χ4v) is 0.988. The Morgan fingerprint density at radius 1 is 1.71 bits per heavy atom. The van der Waals surface area contributed by atoms with Gasteiger partial charge in [0, 0.05) is 24.5 Å². The number of aromatic nitrogens is 1. The molecule has 2 amide bonds. The van der Waals surface area contributed by atoms with Gasteiger partial charge in [-0.25, -0.2) is 10.2 Å². The van der Waals surface area contributed by atoms with Crippen molar-refractivity contribution in [1.82, 2.24) is 10.4 Å². The minimum atomic E-state index is -0.657. The second-order valence-electron chi connectivity index (χ2n) is 2.86. The van der Waals surface area contributed by atoms with Gasteiger partial charge in [0.05, 0.1) is 0 Å². The Balaban J connectivity index is 2.53. The number of urea groups is 1. The lowest BCUT2D eigenvalue weighted by atomic mass is 10.1. The summed E-state index contributed by atoms with van der Waals surface area (Å²) < 4.78 is 0. The number of nitrogens with one attached hydrogen (secondary N) is 1. The van der Waals surface area contributed by atoms with Gasteiger partial charge in [-0.1, -0.05) is 6.07 Å². The smallest absolute Gasteiger partial charge is 0.332 e. The summed E-state index contributed by atoms with van der Waals surface area (Å²) in [7, 11) is 0. The first kappa shape index (κ1) is 10.2. The van der Waals surface area contributed by atoms with Gasteiger partial charge < -0.3 is 5.73 Å². The number of nitrogens with zero attached hydrogens (tertiary/aromatic N) is 2. The van der Waals surface area contributed by atoms with E-state index in [0.717, 1.165) is 11.3 Å². The van der Waals surface area contributed by atoms with Gasteiger partial charge in [0.1, 0.15) is 0 Å². The van der Waals surface area contributed by atoms with Crippen LogP contribution in [0.4, 0.5) is 4.79 Å². The number of amides is 2. The summed E-state index contributed by atoms with van der Waals surface area (Å²) in [6.45, 7) is 1.81. The Kier molecular flexibility index (Phi) is 3.60. The predicted octanol–water partition coefficient (Wildman–Crippen LogP) is 0.668. The van der Waals surface area contributed by atoms with E-state index in [1.54, 1.807) is 12.4 Å². The fourth-order valence-electron chi connectivity index (χ4n) is 0.988. The van der Waals surface area contributed by atoms with E-state index >= 15 is 0 Å². The van der Waals surface area contributed by atoms with Crippen LogP contribution in [-0.2, 0) is 6.42 Å². The molecule has 1 aromatic heterocycles. The van der Waals surface area contributed by atoms with Crippen LogP contribution in [0.2, 0.25) is 0 Å². The number of primary amides is 1. The van der Waals surface area contributed by atoms with Crippen LogP contribution in [0.5, 0.6) is 0 Å². The molecule has 0 unspecified atom stereocenters. The van der Waals surface area contributed by atoms with Crippen molar-refractivity contribution in [3.63, 3.8) is 0 Å². The SMILES string of the molecule is C/C(Cc1cccnc1)=N\NC(N)=O. The molecule has 1 heterocycles. The van der Waals surface area contributed by atoms with Crippen molar-refractivity contribution in [3.8, 4) is 0 Å². The average molecular weight is 192 g/mol. The van der Waals surface area contributed by atoms with Gasteiger partial charge in [0.25, 0.3) is 0 Å². The highest BCUT2D eigenvalue weighted by Crippen LogP contribution is 1.97. The zero-order valence-electron chi connectivity index (χ0n) is 7.90. The van der Waals surface area contributed by atoms with Crippen molar-refractivity contribution in [2.24, 2.45) is 10.8 Å². The van der Waals surface area contributed by atoms with Gasteiger partial charge in [0.2, 0.25) is 0 Å². The lowest BCUT2D eigenvalue weighted by Gasteiger charge is -2.00. The largest absolute Gasteiger partial charge is 0.350 e. The maximum atomic E-state index is 10.3. The topological polar surface area (TPSA) is 80.4 Å². The van der Waals surface area contributed by atoms with Gasteiger partial charge in [-0.05, 0) is 18.6 Å². The number of carbonyl (C=O) groups excluding carboxylic acids is 1. The predicted molar refractivity (Wildman–Crippen MR) is 53.8 cm³/mol. The molecule has 0 aliphatic carbocycles. The van der Waals surface area contributed by atoms with Gasteiger partial charge in [0.15, 0.2) is 0 Å². The molecular weight excluding hydrogens is 180 g/mol. The van der Waals surface area contributed by atoms with Crippen molar-refractivity contribution in [1.29, 1.82) is 0 Å². The van der Waals surface area contributed by atoms with E-state index in [9.17, 15) is 4.79 Å². The highest BCUT2D eigenvalue weighted by molar-refractivity contribution is 5.85. The minimum absolute atomic E-state index is 0.647. The lowest BCUT2D eigenvalue weighted by molar-refractivity contribution is 0.249. The van der Waals surface area contributed by atoms with Gasteiger partial charge >= 0.3 is 6.03 Å². The number of carbonyl (C=O) groups is 1. The molecule has 0 saturated heterocycles. The molecule has 0 atom stereocenters. The number of nitrogens with two attached hydrogens (primary N) is 1. The van der Waals surface area contributed by atoms with Gasteiger partial charge in [-0.2, -0.15) is 5.10 Å². The third kappa shape index (κ3) is 3.66. The van der Waals surface area contributed by atoms with E-state index in [2.05, 4.69) is 15.5 Å². The van der Waals surface area contributed by atoms with E-state index < -0.39 is 6.03 Å². The molecule has 1 rings (SSSR count). The summed E-state index contributed by atoms with van der Waals surface area (Å²) >= 11 is 0. The quantitative estimate of drug-likeness (QED) is 0.545. The number of pyridine rings is 1. The molecule has 0 radical (unpaired) electrons. The van der Waals surface area contributed by atoms with Crippen LogP contribution in [0, 0.1) is 0 Å². The molecule has 5 nitrogen and oxygen atoms in total. The third-order valence-corrected chi connectivity index (χ3v) is 1.54. The molecule has 0 bridgehead atoms. The van der Waals surface area contributed by atoms with Crippen molar-refractivity contribution in [3.05, 3.63) is 30.1 Å². The van der Waals surface area contributed by atoms with Crippen LogP contribution in [-0.4, -0.2) is 16.7 Å². The van der Waals surface area contributed by atoms with E-state index in [-0.39, 0.29) is 0 Å². The molecule has 0 fully saturated rings. The summed E-state index contributed by atoms with van der Waals surface area (Å²) in [6, 6.07) is 3.14. The summed E-state index contributed by atoms with van der Waals surface area (Å²) in [6.07, 6.45) is 4.11. The Labute approximate surface area is 82.0 Å².